The van der Waals surface area contributed by atoms with Gasteiger partial charge in [-0.3, -0.25) is 0 Å². The molecule has 0 amide bonds. The summed E-state index contributed by atoms with van der Waals surface area (Å²) < 4.78 is 5.70. The zero-order valence-electron chi connectivity index (χ0n) is 10.8. The number of benzene rings is 1. The topological polar surface area (TPSA) is 38.5 Å². The lowest BCUT2D eigenvalue weighted by Gasteiger charge is -2.28. The molecule has 1 heterocycles. The number of hydrogen-bond acceptors (Lipinski definition) is 3. The van der Waals surface area contributed by atoms with Crippen LogP contribution in [-0.2, 0) is 4.74 Å². The Morgan fingerprint density at radius 3 is 2.94 bits per heavy atom. The summed E-state index contributed by atoms with van der Waals surface area (Å²) in [6.07, 6.45) is 2.76. The molecule has 0 spiro atoms. The van der Waals surface area contributed by atoms with Crippen molar-refractivity contribution in [1.29, 1.82) is 0 Å². The Bertz CT molecular complexity index is 372. The van der Waals surface area contributed by atoms with Crippen LogP contribution in [0.4, 0.5) is 11.4 Å². The first-order chi connectivity index (χ1) is 8.22. The molecule has 1 fully saturated rings. The molecule has 1 aromatic rings. The number of nitrogens with zero attached hydrogens (tertiary/aromatic N) is 1. The maximum Gasteiger partial charge on any atom is 0.0750 e. The SMILES string of the molecule is CCN(CC1CCCO1)c1cccc(N)c1C. The van der Waals surface area contributed by atoms with Crippen LogP contribution in [-0.4, -0.2) is 25.8 Å². The normalized spacial score (nSPS) is 19.5. The van der Waals surface area contributed by atoms with Crippen LogP contribution in [0.15, 0.2) is 18.2 Å². The van der Waals surface area contributed by atoms with Crippen LogP contribution in [0.25, 0.3) is 0 Å². The predicted molar refractivity (Wildman–Crippen MR) is 72.5 cm³/mol. The molecule has 0 radical (unpaired) electrons. The van der Waals surface area contributed by atoms with E-state index in [0.29, 0.717) is 6.10 Å². The molecule has 0 aliphatic carbocycles. The van der Waals surface area contributed by atoms with Gasteiger partial charge in [0, 0.05) is 31.1 Å². The van der Waals surface area contributed by atoms with Gasteiger partial charge in [-0.25, -0.2) is 0 Å². The molecular weight excluding hydrogens is 212 g/mol. The molecule has 3 nitrogen and oxygen atoms in total. The highest BCUT2D eigenvalue weighted by Crippen LogP contribution is 2.26. The molecule has 0 aromatic heterocycles. The number of ether oxygens (including phenoxy) is 1. The smallest absolute Gasteiger partial charge is 0.0750 e. The van der Waals surface area contributed by atoms with E-state index in [9.17, 15) is 0 Å². The molecule has 1 aliphatic heterocycles. The molecule has 1 unspecified atom stereocenters. The molecule has 1 atom stereocenters. The monoisotopic (exact) mass is 234 g/mol. The molecule has 2 rings (SSSR count). The lowest BCUT2D eigenvalue weighted by atomic mass is 10.1. The zero-order valence-corrected chi connectivity index (χ0v) is 10.8. The zero-order chi connectivity index (χ0) is 12.3. The van der Waals surface area contributed by atoms with Crippen LogP contribution >= 0.6 is 0 Å². The van der Waals surface area contributed by atoms with Crippen molar-refractivity contribution in [3.63, 3.8) is 0 Å². The second-order valence-electron chi connectivity index (χ2n) is 4.67. The van der Waals surface area contributed by atoms with E-state index in [0.717, 1.165) is 25.4 Å². The van der Waals surface area contributed by atoms with Crippen molar-refractivity contribution in [2.24, 2.45) is 0 Å². The molecule has 2 N–H and O–H groups in total. The summed E-state index contributed by atoms with van der Waals surface area (Å²) in [6, 6.07) is 6.12. The van der Waals surface area contributed by atoms with Crippen molar-refractivity contribution >= 4 is 11.4 Å². The van der Waals surface area contributed by atoms with E-state index >= 15 is 0 Å². The molecule has 1 saturated heterocycles. The Balaban J connectivity index is 2.13. The molecule has 1 aliphatic rings. The second kappa shape index (κ2) is 5.41. The van der Waals surface area contributed by atoms with Gasteiger partial charge >= 0.3 is 0 Å². The van der Waals surface area contributed by atoms with Gasteiger partial charge in [-0.05, 0) is 44.4 Å². The highest BCUT2D eigenvalue weighted by atomic mass is 16.5. The van der Waals surface area contributed by atoms with Crippen molar-refractivity contribution in [2.75, 3.05) is 30.3 Å². The first-order valence-electron chi connectivity index (χ1n) is 6.44. The van der Waals surface area contributed by atoms with Crippen molar-refractivity contribution in [2.45, 2.75) is 32.8 Å². The minimum Gasteiger partial charge on any atom is -0.398 e. The number of hydrogen-bond donors (Lipinski definition) is 1. The van der Waals surface area contributed by atoms with Gasteiger partial charge in [-0.2, -0.15) is 0 Å². The van der Waals surface area contributed by atoms with E-state index in [-0.39, 0.29) is 0 Å². The van der Waals surface area contributed by atoms with Crippen molar-refractivity contribution in [3.05, 3.63) is 23.8 Å². The van der Waals surface area contributed by atoms with Crippen molar-refractivity contribution < 1.29 is 4.74 Å². The van der Waals surface area contributed by atoms with Gasteiger partial charge in [0.1, 0.15) is 0 Å². The summed E-state index contributed by atoms with van der Waals surface area (Å²) in [5.41, 5.74) is 9.24. The third-order valence-corrected chi connectivity index (χ3v) is 3.52. The van der Waals surface area contributed by atoms with Gasteiger partial charge in [0.15, 0.2) is 0 Å². The molecule has 1 aromatic carbocycles. The first-order valence-corrected chi connectivity index (χ1v) is 6.44. The first kappa shape index (κ1) is 12.2. The largest absolute Gasteiger partial charge is 0.398 e. The van der Waals surface area contributed by atoms with Gasteiger partial charge in [0.2, 0.25) is 0 Å². The number of nitrogens with two attached hydrogens (primary N) is 1. The van der Waals surface area contributed by atoms with Gasteiger partial charge < -0.3 is 15.4 Å². The standard InChI is InChI=1S/C14H22N2O/c1-3-16(10-12-6-5-9-17-12)14-8-4-7-13(15)11(14)2/h4,7-8,12H,3,5-6,9-10,15H2,1-2H3. The fourth-order valence-corrected chi connectivity index (χ4v) is 2.42. The van der Waals surface area contributed by atoms with Crippen LogP contribution < -0.4 is 10.6 Å². The van der Waals surface area contributed by atoms with Crippen LogP contribution in [0.5, 0.6) is 0 Å². The maximum atomic E-state index is 5.96. The van der Waals surface area contributed by atoms with Gasteiger partial charge in [0.05, 0.1) is 6.10 Å². The summed E-state index contributed by atoms with van der Waals surface area (Å²) in [4.78, 5) is 2.36. The van der Waals surface area contributed by atoms with E-state index in [1.165, 1.54) is 24.1 Å². The fourth-order valence-electron chi connectivity index (χ4n) is 2.42. The minimum absolute atomic E-state index is 0.385. The van der Waals surface area contributed by atoms with E-state index < -0.39 is 0 Å². The van der Waals surface area contributed by atoms with Crippen molar-refractivity contribution in [1.82, 2.24) is 0 Å². The summed E-state index contributed by atoms with van der Waals surface area (Å²) in [5, 5.41) is 0. The summed E-state index contributed by atoms with van der Waals surface area (Å²) in [7, 11) is 0. The Labute approximate surface area is 104 Å². The van der Waals surface area contributed by atoms with Crippen LogP contribution in [0.2, 0.25) is 0 Å². The molecule has 3 heteroatoms. The van der Waals surface area contributed by atoms with E-state index in [4.69, 9.17) is 10.5 Å². The summed E-state index contributed by atoms with van der Waals surface area (Å²) in [5.74, 6) is 0. The molecular formula is C14H22N2O. The third-order valence-electron chi connectivity index (χ3n) is 3.52. The van der Waals surface area contributed by atoms with E-state index in [2.05, 4.69) is 24.8 Å². The van der Waals surface area contributed by atoms with E-state index in [1.54, 1.807) is 0 Å². The van der Waals surface area contributed by atoms with Crippen molar-refractivity contribution in [3.8, 4) is 0 Å². The minimum atomic E-state index is 0.385. The van der Waals surface area contributed by atoms with Gasteiger partial charge in [-0.1, -0.05) is 6.07 Å². The van der Waals surface area contributed by atoms with E-state index in [1.807, 2.05) is 12.1 Å². The lowest BCUT2D eigenvalue weighted by Crippen LogP contribution is -2.32. The number of nitrogen functional groups attached to an aromatic ring is 1. The molecule has 17 heavy (non-hydrogen) atoms. The number of likely N-dealkylation sites (N-methyl/N-ethyl adjacent to an activating group) is 1. The average molecular weight is 234 g/mol. The number of rotatable bonds is 4. The molecule has 0 bridgehead atoms. The Morgan fingerprint density at radius 2 is 2.29 bits per heavy atom. The quantitative estimate of drug-likeness (QED) is 0.814. The highest BCUT2D eigenvalue weighted by Gasteiger charge is 2.19. The third kappa shape index (κ3) is 2.72. The van der Waals surface area contributed by atoms with Crippen LogP contribution in [0.1, 0.15) is 25.3 Å². The van der Waals surface area contributed by atoms with Crippen LogP contribution in [0, 0.1) is 6.92 Å². The fraction of sp³-hybridized carbons (Fsp3) is 0.571. The second-order valence-corrected chi connectivity index (χ2v) is 4.67. The maximum absolute atomic E-state index is 5.96. The highest BCUT2D eigenvalue weighted by molar-refractivity contribution is 5.64. The summed E-state index contributed by atoms with van der Waals surface area (Å²) >= 11 is 0. The molecule has 94 valence electrons. The van der Waals surface area contributed by atoms with Gasteiger partial charge in [0.25, 0.3) is 0 Å². The molecule has 0 saturated carbocycles. The Kier molecular flexibility index (Phi) is 3.89. The Hall–Kier alpha value is -1.22. The number of anilines is 2. The van der Waals surface area contributed by atoms with Crippen LogP contribution in [0.3, 0.4) is 0 Å². The lowest BCUT2D eigenvalue weighted by molar-refractivity contribution is 0.115. The summed E-state index contributed by atoms with van der Waals surface area (Å²) in [6.45, 7) is 7.14. The van der Waals surface area contributed by atoms with Gasteiger partial charge in [-0.15, -0.1) is 0 Å². The average Bonchev–Trinajstić information content (AvgIpc) is 2.83. The predicted octanol–water partition coefficient (Wildman–Crippen LogP) is 2.58. The Morgan fingerprint density at radius 1 is 1.47 bits per heavy atom.